The number of hydrogen-bond donors (Lipinski definition) is 0. The molecule has 6 nitrogen and oxygen atoms in total. The van der Waals surface area contributed by atoms with Gasteiger partial charge in [0.1, 0.15) is 0 Å². The Morgan fingerprint density at radius 2 is 2.00 bits per heavy atom. The maximum Gasteiger partial charge on any atom is 0.276 e. The molecule has 1 aromatic heterocycles. The molecule has 2 amide bonds. The average Bonchev–Trinajstić information content (AvgIpc) is 3.24. The van der Waals surface area contributed by atoms with Crippen LogP contribution in [-0.4, -0.2) is 52.9 Å². The van der Waals surface area contributed by atoms with E-state index in [1.165, 1.54) is 12.8 Å². The monoisotopic (exact) mass is 379 g/mol. The molecule has 1 spiro atoms. The maximum atomic E-state index is 13.2. The molecule has 3 aliphatic rings. The van der Waals surface area contributed by atoms with Crippen molar-refractivity contribution in [3.05, 3.63) is 42.1 Å². The number of aromatic nitrogens is 1. The third-order valence-electron chi connectivity index (χ3n) is 6.43. The third kappa shape index (κ3) is 3.11. The Labute approximate surface area is 164 Å². The minimum absolute atomic E-state index is 0.144. The van der Waals surface area contributed by atoms with Crippen LogP contribution in [0.1, 0.15) is 42.6 Å². The van der Waals surface area contributed by atoms with E-state index < -0.39 is 5.41 Å². The van der Waals surface area contributed by atoms with Gasteiger partial charge >= 0.3 is 0 Å². The predicted molar refractivity (Wildman–Crippen MR) is 103 cm³/mol. The van der Waals surface area contributed by atoms with Crippen LogP contribution in [0.5, 0.6) is 0 Å². The molecule has 2 saturated heterocycles. The SMILES string of the molecule is O=C(c1cc(-c2ccccc2)on1)N1CCC2(CCCN(CC3CC3)C2=O)C1. The van der Waals surface area contributed by atoms with Gasteiger partial charge in [-0.3, -0.25) is 9.59 Å². The zero-order valence-electron chi connectivity index (χ0n) is 16.0. The van der Waals surface area contributed by atoms with Crippen LogP contribution < -0.4 is 0 Å². The maximum absolute atomic E-state index is 13.2. The molecule has 1 unspecified atom stereocenters. The van der Waals surface area contributed by atoms with Crippen LogP contribution in [-0.2, 0) is 4.79 Å². The van der Waals surface area contributed by atoms with Gasteiger partial charge in [0, 0.05) is 37.8 Å². The van der Waals surface area contributed by atoms with Crippen molar-refractivity contribution >= 4 is 11.8 Å². The van der Waals surface area contributed by atoms with E-state index in [9.17, 15) is 9.59 Å². The normalized spacial score (nSPS) is 24.9. The third-order valence-corrected chi connectivity index (χ3v) is 6.43. The van der Waals surface area contributed by atoms with Gasteiger partial charge in [0.2, 0.25) is 5.91 Å². The van der Waals surface area contributed by atoms with Crippen LogP contribution in [0, 0.1) is 11.3 Å². The van der Waals surface area contributed by atoms with E-state index in [2.05, 4.69) is 10.1 Å². The molecule has 6 heteroatoms. The van der Waals surface area contributed by atoms with Gasteiger partial charge in [-0.05, 0) is 38.0 Å². The highest BCUT2D eigenvalue weighted by Gasteiger charge is 2.50. The number of benzene rings is 1. The number of piperidine rings is 1. The lowest BCUT2D eigenvalue weighted by atomic mass is 9.78. The van der Waals surface area contributed by atoms with E-state index in [1.807, 2.05) is 30.3 Å². The van der Waals surface area contributed by atoms with Crippen molar-refractivity contribution < 1.29 is 14.1 Å². The Morgan fingerprint density at radius 1 is 1.18 bits per heavy atom. The number of nitrogens with zero attached hydrogens (tertiary/aromatic N) is 3. The topological polar surface area (TPSA) is 66.7 Å². The summed E-state index contributed by atoms with van der Waals surface area (Å²) >= 11 is 0. The Morgan fingerprint density at radius 3 is 2.79 bits per heavy atom. The quantitative estimate of drug-likeness (QED) is 0.818. The number of carbonyl (C=O) groups is 2. The lowest BCUT2D eigenvalue weighted by Crippen LogP contribution is -2.51. The largest absolute Gasteiger partial charge is 0.355 e. The number of hydrogen-bond acceptors (Lipinski definition) is 4. The second-order valence-electron chi connectivity index (χ2n) is 8.50. The molecule has 1 aliphatic carbocycles. The summed E-state index contributed by atoms with van der Waals surface area (Å²) in [6.07, 6.45) is 5.16. The Balaban J connectivity index is 1.29. The second-order valence-corrected chi connectivity index (χ2v) is 8.50. The van der Waals surface area contributed by atoms with Crippen molar-refractivity contribution in [2.45, 2.75) is 32.1 Å². The van der Waals surface area contributed by atoms with Crippen LogP contribution in [0.15, 0.2) is 40.9 Å². The average molecular weight is 379 g/mol. The Bertz CT molecular complexity index is 889. The van der Waals surface area contributed by atoms with Crippen LogP contribution in [0.4, 0.5) is 0 Å². The zero-order valence-corrected chi connectivity index (χ0v) is 16.0. The molecule has 1 atom stereocenters. The molecule has 3 fully saturated rings. The zero-order chi connectivity index (χ0) is 19.1. The molecule has 2 aliphatic heterocycles. The fourth-order valence-corrected chi connectivity index (χ4v) is 4.64. The van der Waals surface area contributed by atoms with Gasteiger partial charge in [0.05, 0.1) is 5.41 Å². The fourth-order valence-electron chi connectivity index (χ4n) is 4.64. The summed E-state index contributed by atoms with van der Waals surface area (Å²) < 4.78 is 5.38. The van der Waals surface area contributed by atoms with Crippen molar-refractivity contribution in [3.63, 3.8) is 0 Å². The first-order chi connectivity index (χ1) is 13.6. The first-order valence-corrected chi connectivity index (χ1v) is 10.3. The summed E-state index contributed by atoms with van der Waals surface area (Å²) in [7, 11) is 0. The second kappa shape index (κ2) is 6.76. The van der Waals surface area contributed by atoms with Gasteiger partial charge < -0.3 is 14.3 Å². The van der Waals surface area contributed by atoms with Gasteiger partial charge in [-0.2, -0.15) is 0 Å². The minimum atomic E-state index is -0.394. The van der Waals surface area contributed by atoms with Gasteiger partial charge in [0.15, 0.2) is 11.5 Å². The fraction of sp³-hybridized carbons (Fsp3) is 0.500. The first kappa shape index (κ1) is 17.5. The van der Waals surface area contributed by atoms with Gasteiger partial charge in [-0.25, -0.2) is 0 Å². The Kier molecular flexibility index (Phi) is 4.22. The summed E-state index contributed by atoms with van der Waals surface area (Å²) in [4.78, 5) is 30.0. The minimum Gasteiger partial charge on any atom is -0.355 e. The summed E-state index contributed by atoms with van der Waals surface area (Å²) in [6, 6.07) is 11.3. The highest BCUT2D eigenvalue weighted by atomic mass is 16.5. The molecule has 5 rings (SSSR count). The van der Waals surface area contributed by atoms with E-state index in [0.717, 1.165) is 37.9 Å². The van der Waals surface area contributed by atoms with Crippen LogP contribution in [0.3, 0.4) is 0 Å². The number of amides is 2. The predicted octanol–water partition coefficient (Wildman–Crippen LogP) is 3.21. The molecule has 3 heterocycles. The highest BCUT2D eigenvalue weighted by Crippen LogP contribution is 2.42. The van der Waals surface area contributed by atoms with Crippen molar-refractivity contribution in [2.75, 3.05) is 26.2 Å². The van der Waals surface area contributed by atoms with Crippen LogP contribution in [0.2, 0.25) is 0 Å². The van der Waals surface area contributed by atoms with E-state index in [1.54, 1.807) is 11.0 Å². The molecule has 0 N–H and O–H groups in total. The van der Waals surface area contributed by atoms with Crippen molar-refractivity contribution in [1.29, 1.82) is 0 Å². The molecule has 1 saturated carbocycles. The van der Waals surface area contributed by atoms with Gasteiger partial charge in [-0.1, -0.05) is 35.5 Å². The van der Waals surface area contributed by atoms with E-state index >= 15 is 0 Å². The van der Waals surface area contributed by atoms with E-state index in [0.29, 0.717) is 30.5 Å². The first-order valence-electron chi connectivity index (χ1n) is 10.3. The summed E-state index contributed by atoms with van der Waals surface area (Å²) in [5.74, 6) is 1.40. The van der Waals surface area contributed by atoms with Crippen LogP contribution in [0.25, 0.3) is 11.3 Å². The molecular weight excluding hydrogens is 354 g/mol. The number of carbonyl (C=O) groups excluding carboxylic acids is 2. The Hall–Kier alpha value is -2.63. The molecule has 1 aromatic carbocycles. The molecule has 2 aromatic rings. The molecule has 0 bridgehead atoms. The summed E-state index contributed by atoms with van der Waals surface area (Å²) in [6.45, 7) is 2.88. The number of likely N-dealkylation sites (tertiary alicyclic amines) is 2. The van der Waals surface area contributed by atoms with Crippen LogP contribution >= 0.6 is 0 Å². The molecular formula is C22H25N3O3. The van der Waals surface area contributed by atoms with Gasteiger partial charge in [-0.15, -0.1) is 0 Å². The van der Waals surface area contributed by atoms with E-state index in [-0.39, 0.29) is 11.8 Å². The van der Waals surface area contributed by atoms with Crippen molar-refractivity contribution in [1.82, 2.24) is 15.0 Å². The van der Waals surface area contributed by atoms with Gasteiger partial charge in [0.25, 0.3) is 5.91 Å². The summed E-state index contributed by atoms with van der Waals surface area (Å²) in [5.41, 5.74) is 0.813. The smallest absolute Gasteiger partial charge is 0.276 e. The molecule has 146 valence electrons. The van der Waals surface area contributed by atoms with Crippen molar-refractivity contribution in [2.24, 2.45) is 11.3 Å². The standard InChI is InChI=1S/C22H25N3O3/c26-20(18-13-19(28-23-18)17-5-2-1-3-6-17)25-12-10-22(15-25)9-4-11-24(21(22)27)14-16-7-8-16/h1-3,5-6,13,16H,4,7-12,14-15H2. The lowest BCUT2D eigenvalue weighted by Gasteiger charge is -2.39. The lowest BCUT2D eigenvalue weighted by molar-refractivity contribution is -0.145. The highest BCUT2D eigenvalue weighted by molar-refractivity contribution is 5.94. The number of rotatable bonds is 4. The molecule has 0 radical (unpaired) electrons. The van der Waals surface area contributed by atoms with E-state index in [4.69, 9.17) is 4.52 Å². The summed E-state index contributed by atoms with van der Waals surface area (Å²) in [5, 5.41) is 3.99. The molecule has 28 heavy (non-hydrogen) atoms. The van der Waals surface area contributed by atoms with Crippen molar-refractivity contribution in [3.8, 4) is 11.3 Å².